The Morgan fingerprint density at radius 3 is 2.63 bits per heavy atom. The highest BCUT2D eigenvalue weighted by molar-refractivity contribution is 6.31. The largest absolute Gasteiger partial charge is 0.465 e. The second-order valence-electron chi connectivity index (χ2n) is 5.32. The Hall–Kier alpha value is -1.53. The maximum absolute atomic E-state index is 12.2. The van der Waals surface area contributed by atoms with Crippen molar-refractivity contribution in [2.45, 2.75) is 26.7 Å². The van der Waals surface area contributed by atoms with Crippen molar-refractivity contribution in [2.24, 2.45) is 10.8 Å². The maximum atomic E-state index is 12.2. The van der Waals surface area contributed by atoms with Crippen molar-refractivity contribution in [3.8, 4) is 6.07 Å². The quantitative estimate of drug-likeness (QED) is 0.794. The number of nitriles is 1. The average molecular weight is 278 g/mol. The van der Waals surface area contributed by atoms with Gasteiger partial charge in [0.15, 0.2) is 5.41 Å². The van der Waals surface area contributed by atoms with Crippen LogP contribution in [0.25, 0.3) is 0 Å². The van der Waals surface area contributed by atoms with E-state index >= 15 is 0 Å². The Kier molecular flexibility index (Phi) is 3.32. The van der Waals surface area contributed by atoms with Gasteiger partial charge in [0.05, 0.1) is 12.7 Å². The Labute approximate surface area is 118 Å². The van der Waals surface area contributed by atoms with Crippen LogP contribution in [0.15, 0.2) is 24.3 Å². The molecular weight excluding hydrogens is 262 g/mol. The van der Waals surface area contributed by atoms with Crippen LogP contribution in [0.4, 0.5) is 0 Å². The monoisotopic (exact) mass is 277 g/mol. The smallest absolute Gasteiger partial charge is 0.327 e. The Morgan fingerprint density at radius 2 is 2.11 bits per heavy atom. The van der Waals surface area contributed by atoms with E-state index in [0.29, 0.717) is 5.02 Å². The normalized spacial score (nSPS) is 27.4. The van der Waals surface area contributed by atoms with Crippen molar-refractivity contribution in [1.29, 1.82) is 5.26 Å². The first-order valence-electron chi connectivity index (χ1n) is 6.26. The molecular formula is C15H16ClNO2. The summed E-state index contributed by atoms with van der Waals surface area (Å²) in [6, 6.07) is 9.51. The van der Waals surface area contributed by atoms with Crippen molar-refractivity contribution < 1.29 is 9.53 Å². The first-order chi connectivity index (χ1) is 8.93. The van der Waals surface area contributed by atoms with E-state index in [2.05, 4.69) is 6.07 Å². The van der Waals surface area contributed by atoms with Gasteiger partial charge in [-0.1, -0.05) is 43.6 Å². The number of rotatable bonds is 3. The summed E-state index contributed by atoms with van der Waals surface area (Å²) in [4.78, 5) is 12.2. The number of ether oxygens (including phenoxy) is 1. The molecule has 1 aromatic rings. The van der Waals surface area contributed by atoms with Crippen molar-refractivity contribution in [3.63, 3.8) is 0 Å². The van der Waals surface area contributed by atoms with Gasteiger partial charge in [0.1, 0.15) is 0 Å². The van der Waals surface area contributed by atoms with Crippen molar-refractivity contribution in [1.82, 2.24) is 0 Å². The summed E-state index contributed by atoms with van der Waals surface area (Å²) in [7, 11) is 0. The first-order valence-corrected chi connectivity index (χ1v) is 6.64. The molecule has 1 saturated carbocycles. The van der Waals surface area contributed by atoms with E-state index < -0.39 is 16.8 Å². The molecule has 2 atom stereocenters. The molecule has 4 heteroatoms. The van der Waals surface area contributed by atoms with Crippen LogP contribution >= 0.6 is 11.6 Å². The Bertz CT molecular complexity index is 562. The van der Waals surface area contributed by atoms with Gasteiger partial charge in [-0.15, -0.1) is 0 Å². The molecule has 1 aliphatic rings. The minimum Gasteiger partial charge on any atom is -0.465 e. The molecule has 0 saturated heterocycles. The molecule has 2 rings (SSSR count). The molecule has 0 aromatic heterocycles. The molecule has 0 N–H and O–H groups in total. The van der Waals surface area contributed by atoms with E-state index in [-0.39, 0.29) is 12.5 Å². The minimum absolute atomic E-state index is 0.224. The van der Waals surface area contributed by atoms with Gasteiger partial charge in [-0.05, 0) is 18.6 Å². The lowest BCUT2D eigenvalue weighted by atomic mass is 9.98. The second kappa shape index (κ2) is 4.54. The number of halogens is 1. The van der Waals surface area contributed by atoms with Crippen molar-refractivity contribution in [3.05, 3.63) is 34.9 Å². The Morgan fingerprint density at radius 1 is 1.47 bits per heavy atom. The van der Waals surface area contributed by atoms with Gasteiger partial charge >= 0.3 is 5.97 Å². The molecule has 0 amide bonds. The molecule has 1 aromatic carbocycles. The van der Waals surface area contributed by atoms with Crippen LogP contribution in [0.1, 0.15) is 32.3 Å². The molecule has 1 fully saturated rings. The van der Waals surface area contributed by atoms with Crippen LogP contribution in [0, 0.1) is 22.2 Å². The third-order valence-corrected chi connectivity index (χ3v) is 4.42. The van der Waals surface area contributed by atoms with Crippen LogP contribution in [0.2, 0.25) is 5.02 Å². The third-order valence-electron chi connectivity index (χ3n) is 4.08. The second-order valence-corrected chi connectivity index (χ2v) is 5.72. The van der Waals surface area contributed by atoms with Crippen molar-refractivity contribution >= 4 is 17.6 Å². The summed E-state index contributed by atoms with van der Waals surface area (Å²) in [6.07, 6.45) is 0. The molecule has 19 heavy (non-hydrogen) atoms. The number of benzene rings is 1. The molecule has 3 nitrogen and oxygen atoms in total. The average Bonchev–Trinajstić information content (AvgIpc) is 2.87. The molecule has 1 aliphatic carbocycles. The van der Waals surface area contributed by atoms with E-state index in [4.69, 9.17) is 16.3 Å². The molecule has 0 heterocycles. The fourth-order valence-corrected chi connectivity index (χ4v) is 3.22. The first kappa shape index (κ1) is 13.9. The number of carbonyl (C=O) groups is 1. The van der Waals surface area contributed by atoms with Gasteiger partial charge in [-0.3, -0.25) is 4.79 Å². The van der Waals surface area contributed by atoms with E-state index in [9.17, 15) is 10.1 Å². The van der Waals surface area contributed by atoms with E-state index in [1.807, 2.05) is 32.0 Å². The lowest BCUT2D eigenvalue weighted by molar-refractivity contribution is -0.148. The third kappa shape index (κ3) is 1.74. The number of esters is 1. The molecule has 2 unspecified atom stereocenters. The van der Waals surface area contributed by atoms with Crippen LogP contribution in [-0.2, 0) is 9.53 Å². The highest BCUT2D eigenvalue weighted by Crippen LogP contribution is 2.74. The van der Waals surface area contributed by atoms with E-state index in [1.54, 1.807) is 13.0 Å². The van der Waals surface area contributed by atoms with Gasteiger partial charge in [0, 0.05) is 16.4 Å². The summed E-state index contributed by atoms with van der Waals surface area (Å²) in [5.41, 5.74) is -0.767. The zero-order valence-corrected chi connectivity index (χ0v) is 12.0. The zero-order valence-electron chi connectivity index (χ0n) is 11.2. The van der Waals surface area contributed by atoms with Crippen LogP contribution in [0.5, 0.6) is 0 Å². The molecule has 0 bridgehead atoms. The summed E-state index contributed by atoms with van der Waals surface area (Å²) >= 11 is 6.19. The fraction of sp³-hybridized carbons (Fsp3) is 0.467. The molecule has 0 radical (unpaired) electrons. The summed E-state index contributed by atoms with van der Waals surface area (Å²) < 4.78 is 5.08. The summed E-state index contributed by atoms with van der Waals surface area (Å²) in [6.45, 7) is 5.82. The standard InChI is InChI=1S/C15H16ClNO2/c1-4-19-13(18)15(9-17)12(14(15,2)3)10-7-5-6-8-11(10)16/h5-8,12H,4H2,1-3H3. The van der Waals surface area contributed by atoms with Gasteiger partial charge in [-0.2, -0.15) is 5.26 Å². The number of hydrogen-bond acceptors (Lipinski definition) is 3. The lowest BCUT2D eigenvalue weighted by Crippen LogP contribution is -2.23. The van der Waals surface area contributed by atoms with Gasteiger partial charge < -0.3 is 4.74 Å². The van der Waals surface area contributed by atoms with Gasteiger partial charge in [-0.25, -0.2) is 0 Å². The topological polar surface area (TPSA) is 50.1 Å². The molecule has 0 spiro atoms. The highest BCUT2D eigenvalue weighted by atomic mass is 35.5. The maximum Gasteiger partial charge on any atom is 0.327 e. The summed E-state index contributed by atoms with van der Waals surface area (Å²) in [5.74, 6) is -0.676. The zero-order chi connectivity index (χ0) is 14.3. The van der Waals surface area contributed by atoms with Crippen LogP contribution < -0.4 is 0 Å². The number of carbonyl (C=O) groups excluding carboxylic acids is 1. The predicted molar refractivity (Wildman–Crippen MR) is 72.7 cm³/mol. The summed E-state index contributed by atoms with van der Waals surface area (Å²) in [5, 5.41) is 10.1. The number of hydrogen-bond donors (Lipinski definition) is 0. The van der Waals surface area contributed by atoms with Crippen molar-refractivity contribution in [2.75, 3.05) is 6.61 Å². The van der Waals surface area contributed by atoms with Gasteiger partial charge in [0.2, 0.25) is 0 Å². The SMILES string of the molecule is CCOC(=O)C1(C#N)C(c2ccccc2Cl)C1(C)C. The van der Waals surface area contributed by atoms with Crippen LogP contribution in [0.3, 0.4) is 0 Å². The molecule has 100 valence electrons. The fourth-order valence-electron chi connectivity index (χ4n) is 2.97. The number of nitrogens with zero attached hydrogens (tertiary/aromatic N) is 1. The van der Waals surface area contributed by atoms with Gasteiger partial charge in [0.25, 0.3) is 0 Å². The Balaban J connectivity index is 2.47. The van der Waals surface area contributed by atoms with Crippen LogP contribution in [-0.4, -0.2) is 12.6 Å². The van der Waals surface area contributed by atoms with E-state index in [0.717, 1.165) is 5.56 Å². The predicted octanol–water partition coefficient (Wildman–Crippen LogP) is 3.54. The minimum atomic E-state index is -1.13. The molecule has 0 aliphatic heterocycles. The van der Waals surface area contributed by atoms with E-state index in [1.165, 1.54) is 0 Å². The lowest BCUT2D eigenvalue weighted by Gasteiger charge is -2.10. The highest BCUT2D eigenvalue weighted by Gasteiger charge is 2.78.